The van der Waals surface area contributed by atoms with E-state index in [4.69, 9.17) is 0 Å². The van der Waals surface area contributed by atoms with Gasteiger partial charge in [0.25, 0.3) is 0 Å². The molecule has 0 aliphatic rings. The molecule has 18 heavy (non-hydrogen) atoms. The Balaban J connectivity index is 3.05. The largest absolute Gasteiger partial charge is 0.392 e. The first kappa shape index (κ1) is 15.5. The average Bonchev–Trinajstić information content (AvgIpc) is 2.36. The molecule has 1 rings (SSSR count). The van der Waals surface area contributed by atoms with Crippen LogP contribution < -0.4 is 0 Å². The number of aryl methyl sites for hydroxylation is 1. The third-order valence-electron chi connectivity index (χ3n) is 2.81. The monoisotopic (exact) mass is 289 g/mol. The summed E-state index contributed by atoms with van der Waals surface area (Å²) in [6, 6.07) is 4.85. The summed E-state index contributed by atoms with van der Waals surface area (Å²) in [5.41, 5.74) is 1.54. The van der Waals surface area contributed by atoms with Crippen LogP contribution in [0.5, 0.6) is 0 Å². The van der Waals surface area contributed by atoms with Crippen LogP contribution in [0.15, 0.2) is 23.1 Å². The van der Waals surface area contributed by atoms with E-state index in [0.717, 1.165) is 11.3 Å². The predicted octanol–water partition coefficient (Wildman–Crippen LogP) is 1.47. The molecule has 0 fully saturated rings. The van der Waals surface area contributed by atoms with Crippen LogP contribution in [0.4, 0.5) is 0 Å². The van der Waals surface area contributed by atoms with Gasteiger partial charge < -0.3 is 5.11 Å². The molecule has 0 aliphatic carbocycles. The average molecular weight is 289 g/mol. The summed E-state index contributed by atoms with van der Waals surface area (Å²) in [6.45, 7) is 2.18. The van der Waals surface area contributed by atoms with Gasteiger partial charge in [0.05, 0.1) is 11.5 Å². The van der Waals surface area contributed by atoms with Gasteiger partial charge >= 0.3 is 0 Å². The number of hydrogen-bond donors (Lipinski definition) is 1. The minimum Gasteiger partial charge on any atom is -0.392 e. The van der Waals surface area contributed by atoms with E-state index in [9.17, 15) is 13.5 Å². The summed E-state index contributed by atoms with van der Waals surface area (Å²) in [5, 5.41) is 9.18. The third-order valence-corrected chi connectivity index (χ3v) is 5.25. The van der Waals surface area contributed by atoms with Crippen molar-refractivity contribution in [1.29, 1.82) is 0 Å². The highest BCUT2D eigenvalue weighted by atomic mass is 32.2. The van der Waals surface area contributed by atoms with Crippen molar-refractivity contribution < 1.29 is 13.5 Å². The Morgan fingerprint density at radius 1 is 1.39 bits per heavy atom. The van der Waals surface area contributed by atoms with Gasteiger partial charge in [-0.3, -0.25) is 0 Å². The zero-order valence-corrected chi connectivity index (χ0v) is 12.5. The summed E-state index contributed by atoms with van der Waals surface area (Å²) in [5.74, 6) is 0.758. The van der Waals surface area contributed by atoms with Gasteiger partial charge in [-0.15, -0.1) is 0 Å². The second kappa shape index (κ2) is 6.56. The number of rotatable bonds is 6. The van der Waals surface area contributed by atoms with E-state index in [2.05, 4.69) is 0 Å². The lowest BCUT2D eigenvalue weighted by molar-refractivity contribution is 0.280. The maximum atomic E-state index is 12.3. The van der Waals surface area contributed by atoms with E-state index >= 15 is 0 Å². The van der Waals surface area contributed by atoms with Crippen molar-refractivity contribution in [3.63, 3.8) is 0 Å². The Bertz CT molecular complexity index is 500. The molecule has 0 unspecified atom stereocenters. The first-order chi connectivity index (χ1) is 8.43. The first-order valence-electron chi connectivity index (χ1n) is 5.59. The van der Waals surface area contributed by atoms with Gasteiger partial charge in [-0.1, -0.05) is 6.07 Å². The summed E-state index contributed by atoms with van der Waals surface area (Å²) in [7, 11) is -1.88. The van der Waals surface area contributed by atoms with Gasteiger partial charge in [0, 0.05) is 19.3 Å². The van der Waals surface area contributed by atoms with Crippen LogP contribution >= 0.6 is 11.8 Å². The van der Waals surface area contributed by atoms with E-state index in [-0.39, 0.29) is 11.5 Å². The third kappa shape index (κ3) is 3.47. The van der Waals surface area contributed by atoms with Crippen molar-refractivity contribution in [3.8, 4) is 0 Å². The van der Waals surface area contributed by atoms with Crippen LogP contribution in [-0.4, -0.2) is 43.4 Å². The van der Waals surface area contributed by atoms with Crippen molar-refractivity contribution in [2.75, 3.05) is 25.6 Å². The minimum atomic E-state index is -3.45. The second-order valence-corrected chi connectivity index (χ2v) is 7.10. The SMILES string of the molecule is CSCCN(C)S(=O)(=O)c1ccc(C)c(CO)c1. The Kier molecular flexibility index (Phi) is 5.65. The van der Waals surface area contributed by atoms with Crippen molar-refractivity contribution in [1.82, 2.24) is 4.31 Å². The molecule has 1 N–H and O–H groups in total. The quantitative estimate of drug-likeness (QED) is 0.861. The van der Waals surface area contributed by atoms with E-state index in [1.807, 2.05) is 13.2 Å². The molecule has 0 saturated heterocycles. The summed E-state index contributed by atoms with van der Waals surface area (Å²) < 4.78 is 25.8. The van der Waals surface area contributed by atoms with Crippen molar-refractivity contribution >= 4 is 21.8 Å². The highest BCUT2D eigenvalue weighted by molar-refractivity contribution is 7.98. The predicted molar refractivity (Wildman–Crippen MR) is 75.3 cm³/mol. The van der Waals surface area contributed by atoms with Gasteiger partial charge in [0.15, 0.2) is 0 Å². The summed E-state index contributed by atoms with van der Waals surface area (Å²) >= 11 is 1.61. The molecule has 4 nitrogen and oxygen atoms in total. The Morgan fingerprint density at radius 3 is 2.61 bits per heavy atom. The fraction of sp³-hybridized carbons (Fsp3) is 0.500. The van der Waals surface area contributed by atoms with Gasteiger partial charge in [0.1, 0.15) is 0 Å². The van der Waals surface area contributed by atoms with Crippen LogP contribution in [0.3, 0.4) is 0 Å². The number of nitrogens with zero attached hydrogens (tertiary/aromatic N) is 1. The number of aliphatic hydroxyl groups excluding tert-OH is 1. The minimum absolute atomic E-state index is 0.149. The van der Waals surface area contributed by atoms with Crippen LogP contribution in [0, 0.1) is 6.92 Å². The molecule has 0 radical (unpaired) electrons. The molecule has 0 saturated carbocycles. The van der Waals surface area contributed by atoms with E-state index < -0.39 is 10.0 Å². The van der Waals surface area contributed by atoms with E-state index in [1.54, 1.807) is 37.0 Å². The standard InChI is InChI=1S/C12H19NO3S2/c1-10-4-5-12(8-11(10)9-14)18(15,16)13(2)6-7-17-3/h4-5,8,14H,6-7,9H2,1-3H3. The van der Waals surface area contributed by atoms with Crippen LogP contribution in [-0.2, 0) is 16.6 Å². The van der Waals surface area contributed by atoms with Gasteiger partial charge in [-0.2, -0.15) is 11.8 Å². The maximum absolute atomic E-state index is 12.3. The topological polar surface area (TPSA) is 57.6 Å². The zero-order chi connectivity index (χ0) is 13.8. The summed E-state index contributed by atoms with van der Waals surface area (Å²) in [4.78, 5) is 0.237. The fourth-order valence-electron chi connectivity index (χ4n) is 1.50. The molecule has 0 amide bonds. The van der Waals surface area contributed by atoms with Crippen LogP contribution in [0.2, 0.25) is 0 Å². The normalized spacial score (nSPS) is 12.1. The molecular weight excluding hydrogens is 270 g/mol. The van der Waals surface area contributed by atoms with E-state index in [1.165, 1.54) is 4.31 Å². The lowest BCUT2D eigenvalue weighted by atomic mass is 10.1. The molecule has 102 valence electrons. The number of aliphatic hydroxyl groups is 1. The summed E-state index contributed by atoms with van der Waals surface area (Å²) in [6.07, 6.45) is 1.94. The molecule has 0 aliphatic heterocycles. The maximum Gasteiger partial charge on any atom is 0.242 e. The lowest BCUT2D eigenvalue weighted by Gasteiger charge is -2.17. The first-order valence-corrected chi connectivity index (χ1v) is 8.42. The second-order valence-electron chi connectivity index (χ2n) is 4.07. The van der Waals surface area contributed by atoms with Crippen LogP contribution in [0.25, 0.3) is 0 Å². The highest BCUT2D eigenvalue weighted by Crippen LogP contribution is 2.19. The number of hydrogen-bond acceptors (Lipinski definition) is 4. The number of sulfonamides is 1. The lowest BCUT2D eigenvalue weighted by Crippen LogP contribution is -2.29. The Hall–Kier alpha value is -0.560. The molecule has 0 aromatic heterocycles. The van der Waals surface area contributed by atoms with Crippen molar-refractivity contribution in [3.05, 3.63) is 29.3 Å². The van der Waals surface area contributed by atoms with E-state index in [0.29, 0.717) is 12.1 Å². The number of benzene rings is 1. The molecule has 1 aromatic carbocycles. The number of thioether (sulfide) groups is 1. The molecule has 0 bridgehead atoms. The molecule has 0 spiro atoms. The molecule has 0 atom stereocenters. The fourth-order valence-corrected chi connectivity index (χ4v) is 3.29. The van der Waals surface area contributed by atoms with Crippen molar-refractivity contribution in [2.45, 2.75) is 18.4 Å². The highest BCUT2D eigenvalue weighted by Gasteiger charge is 2.20. The molecule has 1 aromatic rings. The molecule has 6 heteroatoms. The van der Waals surface area contributed by atoms with Crippen LogP contribution in [0.1, 0.15) is 11.1 Å². The van der Waals surface area contributed by atoms with Crippen molar-refractivity contribution in [2.24, 2.45) is 0 Å². The van der Waals surface area contributed by atoms with Gasteiger partial charge in [0.2, 0.25) is 10.0 Å². The van der Waals surface area contributed by atoms with Gasteiger partial charge in [-0.25, -0.2) is 12.7 Å². The Labute approximate surface area is 113 Å². The molecule has 0 heterocycles. The molecular formula is C12H19NO3S2. The Morgan fingerprint density at radius 2 is 2.06 bits per heavy atom. The zero-order valence-electron chi connectivity index (χ0n) is 10.9. The van der Waals surface area contributed by atoms with Gasteiger partial charge in [-0.05, 0) is 36.4 Å². The smallest absolute Gasteiger partial charge is 0.242 e.